The highest BCUT2D eigenvalue weighted by atomic mass is 32.2. The highest BCUT2D eigenvalue weighted by molar-refractivity contribution is 7.98. The summed E-state index contributed by atoms with van der Waals surface area (Å²) in [5.74, 6) is 0.521. The molecule has 1 aliphatic heterocycles. The molecule has 1 fully saturated rings. The molecule has 1 heterocycles. The van der Waals surface area contributed by atoms with Crippen molar-refractivity contribution >= 4 is 17.7 Å². The van der Waals surface area contributed by atoms with Gasteiger partial charge in [0.25, 0.3) is 0 Å². The molecule has 0 radical (unpaired) electrons. The fourth-order valence-electron chi connectivity index (χ4n) is 2.97. The number of aliphatic hydroxyl groups is 4. The van der Waals surface area contributed by atoms with E-state index < -0.39 is 37.1 Å². The molecule has 0 unspecified atom stereocenters. The minimum absolute atomic E-state index is 0.0923. The Morgan fingerprint density at radius 1 is 1.31 bits per heavy atom. The second-order valence-corrected chi connectivity index (χ2v) is 7.72. The minimum Gasteiger partial charge on any atom is -0.394 e. The largest absolute Gasteiger partial charge is 0.394 e. The molecule has 0 bridgehead atoms. The zero-order valence-electron chi connectivity index (χ0n) is 15.5. The van der Waals surface area contributed by atoms with E-state index >= 15 is 0 Å². The maximum Gasteiger partial charge on any atom is 0.239 e. The Morgan fingerprint density at radius 2 is 2.00 bits per heavy atom. The molecule has 1 rings (SSSR count). The molecule has 0 saturated carbocycles. The first-order chi connectivity index (χ1) is 12.4. The zero-order valence-corrected chi connectivity index (χ0v) is 16.3. The van der Waals surface area contributed by atoms with Gasteiger partial charge in [-0.1, -0.05) is 12.8 Å². The van der Waals surface area contributed by atoms with Gasteiger partial charge in [0.2, 0.25) is 5.91 Å². The van der Waals surface area contributed by atoms with Gasteiger partial charge in [-0.25, -0.2) is 0 Å². The van der Waals surface area contributed by atoms with Gasteiger partial charge in [0, 0.05) is 19.7 Å². The molecule has 0 aliphatic carbocycles. The van der Waals surface area contributed by atoms with Crippen LogP contribution in [-0.4, -0.2) is 100 Å². The number of amides is 1. The van der Waals surface area contributed by atoms with Crippen LogP contribution < -0.4 is 5.73 Å². The van der Waals surface area contributed by atoms with Crippen molar-refractivity contribution in [3.8, 4) is 0 Å². The van der Waals surface area contributed by atoms with Crippen molar-refractivity contribution in [1.82, 2.24) is 4.90 Å². The van der Waals surface area contributed by atoms with Crippen LogP contribution in [0, 0.1) is 0 Å². The lowest BCUT2D eigenvalue weighted by Crippen LogP contribution is -2.54. The van der Waals surface area contributed by atoms with E-state index in [1.54, 1.807) is 11.8 Å². The third-order valence-electron chi connectivity index (χ3n) is 4.60. The van der Waals surface area contributed by atoms with E-state index in [2.05, 4.69) is 0 Å². The van der Waals surface area contributed by atoms with Gasteiger partial charge >= 0.3 is 0 Å². The lowest BCUT2D eigenvalue weighted by atomic mass is 10.0. The summed E-state index contributed by atoms with van der Waals surface area (Å²) in [6.07, 6.45) is 0.647. The number of nitrogens with two attached hydrogens (primary N) is 1. The van der Waals surface area contributed by atoms with E-state index in [9.17, 15) is 20.1 Å². The number of hydrogen-bond acceptors (Lipinski definition) is 8. The van der Waals surface area contributed by atoms with Gasteiger partial charge in [0.15, 0.2) is 0 Å². The molecule has 1 saturated heterocycles. The summed E-state index contributed by atoms with van der Waals surface area (Å²) in [6.45, 7) is 0.110. The van der Waals surface area contributed by atoms with Gasteiger partial charge in [-0.3, -0.25) is 4.79 Å². The van der Waals surface area contributed by atoms with Crippen LogP contribution in [0.2, 0.25) is 0 Å². The summed E-state index contributed by atoms with van der Waals surface area (Å²) in [5, 5.41) is 39.8. The Bertz CT molecular complexity index is 403. The van der Waals surface area contributed by atoms with Gasteiger partial charge in [-0.2, -0.15) is 11.8 Å². The van der Waals surface area contributed by atoms with Crippen molar-refractivity contribution in [2.75, 3.05) is 38.3 Å². The van der Waals surface area contributed by atoms with Crippen molar-refractivity contribution < 1.29 is 30.0 Å². The Morgan fingerprint density at radius 3 is 2.65 bits per heavy atom. The van der Waals surface area contributed by atoms with Crippen LogP contribution in [0.3, 0.4) is 0 Å². The molecule has 0 spiro atoms. The van der Waals surface area contributed by atoms with Crippen LogP contribution in [-0.2, 0) is 9.53 Å². The predicted octanol–water partition coefficient (Wildman–Crippen LogP) is -1.07. The lowest BCUT2D eigenvalue weighted by molar-refractivity contribution is -0.152. The number of thioether (sulfide) groups is 1. The highest BCUT2D eigenvalue weighted by Crippen LogP contribution is 2.15. The molecule has 26 heavy (non-hydrogen) atoms. The predicted molar refractivity (Wildman–Crippen MR) is 101 cm³/mol. The monoisotopic (exact) mass is 394 g/mol. The van der Waals surface area contributed by atoms with Crippen molar-refractivity contribution in [2.45, 2.75) is 62.6 Å². The summed E-state index contributed by atoms with van der Waals surface area (Å²) in [6, 6.07) is -0.644. The number of ether oxygens (including phenoxy) is 1. The number of nitrogens with zero attached hydrogens (tertiary/aromatic N) is 1. The van der Waals surface area contributed by atoms with E-state index in [0.29, 0.717) is 19.6 Å². The molecule has 154 valence electrons. The quantitative estimate of drug-likeness (QED) is 0.384. The van der Waals surface area contributed by atoms with Gasteiger partial charge in [-0.15, -0.1) is 0 Å². The highest BCUT2D eigenvalue weighted by Gasteiger charge is 2.35. The molecule has 6 N–H and O–H groups in total. The molecule has 0 aromatic carbocycles. The van der Waals surface area contributed by atoms with Crippen LogP contribution in [0.5, 0.6) is 0 Å². The van der Waals surface area contributed by atoms with Gasteiger partial charge < -0.3 is 35.8 Å². The summed E-state index contributed by atoms with van der Waals surface area (Å²) < 4.78 is 5.50. The van der Waals surface area contributed by atoms with Gasteiger partial charge in [0.1, 0.15) is 24.4 Å². The fraction of sp³-hybridized carbons (Fsp3) is 0.941. The van der Waals surface area contributed by atoms with E-state index in [4.69, 9.17) is 15.6 Å². The number of rotatable bonds is 6. The van der Waals surface area contributed by atoms with Gasteiger partial charge in [0.05, 0.1) is 12.6 Å². The Hall–Kier alpha value is -0.420. The van der Waals surface area contributed by atoms with Crippen LogP contribution in [0.1, 0.15) is 32.1 Å². The van der Waals surface area contributed by atoms with E-state index in [-0.39, 0.29) is 12.5 Å². The standard InChI is InChI=1S/C17H34N2O6S/c1-26-9-6-12(18)17(24)19-7-4-2-3-5-8-25-16(14(22)11-20)15(23)13(21)10-19/h12-16,20-23H,2-11,18H2,1H3/t12-,13+,14+,15+,16+/m0/s1. The Kier molecular flexibility index (Phi) is 11.7. The fourth-order valence-corrected chi connectivity index (χ4v) is 3.46. The number of carbonyl (C=O) groups is 1. The third kappa shape index (κ3) is 7.67. The smallest absolute Gasteiger partial charge is 0.239 e. The molecule has 5 atom stereocenters. The second kappa shape index (κ2) is 12.9. The summed E-state index contributed by atoms with van der Waals surface area (Å²) in [5.41, 5.74) is 5.98. The van der Waals surface area contributed by atoms with Crippen molar-refractivity contribution in [1.29, 1.82) is 0 Å². The molecular formula is C17H34N2O6S. The SMILES string of the molecule is CSCC[C@H](N)C(=O)N1CCCCCCO[C@H]([C@H](O)CO)[C@H](O)[C@H](O)C1. The normalized spacial score (nSPS) is 28.7. The van der Waals surface area contributed by atoms with Crippen molar-refractivity contribution in [3.05, 3.63) is 0 Å². The van der Waals surface area contributed by atoms with E-state index in [1.165, 1.54) is 4.90 Å². The summed E-state index contributed by atoms with van der Waals surface area (Å²) in [7, 11) is 0. The average Bonchev–Trinajstić information content (AvgIpc) is 2.64. The summed E-state index contributed by atoms with van der Waals surface area (Å²) in [4.78, 5) is 14.1. The Balaban J connectivity index is 2.84. The second-order valence-electron chi connectivity index (χ2n) is 6.73. The maximum atomic E-state index is 12.6. The average molecular weight is 395 g/mol. The molecule has 0 aromatic rings. The van der Waals surface area contributed by atoms with Crippen LogP contribution in [0.4, 0.5) is 0 Å². The molecular weight excluding hydrogens is 360 g/mol. The first-order valence-electron chi connectivity index (χ1n) is 9.22. The van der Waals surface area contributed by atoms with Gasteiger partial charge in [-0.05, 0) is 31.3 Å². The van der Waals surface area contributed by atoms with Crippen LogP contribution in [0.25, 0.3) is 0 Å². The number of carbonyl (C=O) groups excluding carboxylic acids is 1. The van der Waals surface area contributed by atoms with Crippen LogP contribution >= 0.6 is 11.8 Å². The molecule has 8 nitrogen and oxygen atoms in total. The molecule has 0 aromatic heterocycles. The zero-order chi connectivity index (χ0) is 19.5. The summed E-state index contributed by atoms with van der Waals surface area (Å²) >= 11 is 1.61. The number of hydrogen-bond donors (Lipinski definition) is 5. The molecule has 1 amide bonds. The lowest BCUT2D eigenvalue weighted by Gasteiger charge is -2.34. The number of aliphatic hydroxyl groups excluding tert-OH is 4. The first-order valence-corrected chi connectivity index (χ1v) is 10.6. The Labute approximate surface area is 159 Å². The van der Waals surface area contributed by atoms with Crippen molar-refractivity contribution in [2.24, 2.45) is 5.73 Å². The third-order valence-corrected chi connectivity index (χ3v) is 5.24. The van der Waals surface area contributed by atoms with E-state index in [1.807, 2.05) is 6.26 Å². The molecule has 9 heteroatoms. The first kappa shape index (κ1) is 23.6. The van der Waals surface area contributed by atoms with Crippen molar-refractivity contribution in [3.63, 3.8) is 0 Å². The minimum atomic E-state index is -1.42. The number of β-amino-alcohol motifs (C(OH)–C–C–N with tert-alkyl or cyclic N) is 1. The van der Waals surface area contributed by atoms with Crippen LogP contribution in [0.15, 0.2) is 0 Å². The van der Waals surface area contributed by atoms with E-state index in [0.717, 1.165) is 31.4 Å². The maximum absolute atomic E-state index is 12.6. The topological polar surface area (TPSA) is 136 Å². The molecule has 1 aliphatic rings.